The molecule has 4 heterocycles. The third-order valence-corrected chi connectivity index (χ3v) is 12.4. The maximum absolute atomic E-state index is 13.5. The number of hydrogen-bond acceptors (Lipinski definition) is 10. The topological polar surface area (TPSA) is 200 Å². The Morgan fingerprint density at radius 3 is 2.37 bits per heavy atom. The Morgan fingerprint density at radius 1 is 0.905 bits per heavy atom. The highest BCUT2D eigenvalue weighted by molar-refractivity contribution is 14.1. The van der Waals surface area contributed by atoms with Crippen molar-refractivity contribution in [3.05, 3.63) is 106 Å². The van der Waals surface area contributed by atoms with E-state index in [0.717, 1.165) is 59.0 Å². The fraction of sp³-hybridized carbons (Fsp3) is 0.404. The van der Waals surface area contributed by atoms with E-state index in [4.69, 9.17) is 5.73 Å². The molecule has 63 heavy (non-hydrogen) atoms. The molecular weight excluding hydrogens is 913 g/mol. The molecule has 330 valence electrons. The molecule has 0 unspecified atom stereocenters. The van der Waals surface area contributed by atoms with Crippen molar-refractivity contribution >= 4 is 81.3 Å². The molecule has 5 N–H and O–H groups in total. The van der Waals surface area contributed by atoms with Crippen molar-refractivity contribution in [3.63, 3.8) is 0 Å². The van der Waals surface area contributed by atoms with Crippen LogP contribution in [0.4, 0.5) is 11.4 Å². The summed E-state index contributed by atoms with van der Waals surface area (Å²) in [5.74, 6) is -0.746. The van der Waals surface area contributed by atoms with Crippen molar-refractivity contribution in [1.82, 2.24) is 30.3 Å². The number of amides is 6. The van der Waals surface area contributed by atoms with Gasteiger partial charge in [0.25, 0.3) is 23.6 Å². The van der Waals surface area contributed by atoms with E-state index in [-0.39, 0.29) is 53.7 Å². The molecule has 15 nitrogen and oxygen atoms in total. The Hall–Kier alpha value is -5.75. The smallest absolute Gasteiger partial charge is 0.255 e. The van der Waals surface area contributed by atoms with Gasteiger partial charge in [-0.25, -0.2) is 4.99 Å². The summed E-state index contributed by atoms with van der Waals surface area (Å²) < 4.78 is 0.834. The van der Waals surface area contributed by atoms with Crippen LogP contribution in [0.3, 0.4) is 0 Å². The summed E-state index contributed by atoms with van der Waals surface area (Å²) in [6, 6.07) is 14.7. The van der Waals surface area contributed by atoms with Crippen molar-refractivity contribution in [2.24, 2.45) is 22.6 Å². The average Bonchev–Trinajstić information content (AvgIpc) is 3.49. The van der Waals surface area contributed by atoms with Crippen molar-refractivity contribution < 1.29 is 28.8 Å². The number of amidine groups is 1. The lowest BCUT2D eigenvalue weighted by Crippen LogP contribution is -2.40. The summed E-state index contributed by atoms with van der Waals surface area (Å²) in [4.78, 5) is 90.9. The number of carbonyl (C=O) groups excluding carboxylic acids is 6. The molecule has 3 aliphatic heterocycles. The first kappa shape index (κ1) is 45.3. The van der Waals surface area contributed by atoms with Crippen LogP contribution in [-0.2, 0) is 38.7 Å². The van der Waals surface area contributed by atoms with Crippen molar-refractivity contribution in [2.45, 2.75) is 65.0 Å². The van der Waals surface area contributed by atoms with Crippen molar-refractivity contribution in [2.75, 3.05) is 49.0 Å². The molecular formula is C47H54IN9O6. The van der Waals surface area contributed by atoms with Crippen LogP contribution in [0, 0.1) is 11.8 Å². The van der Waals surface area contributed by atoms with Crippen LogP contribution in [0.15, 0.2) is 77.4 Å². The number of alkyl halides is 1. The molecule has 7 rings (SSSR count). The highest BCUT2D eigenvalue weighted by atomic mass is 127. The summed E-state index contributed by atoms with van der Waals surface area (Å²) in [7, 11) is 0. The summed E-state index contributed by atoms with van der Waals surface area (Å²) >= 11 is 2.27. The molecule has 16 heteroatoms. The van der Waals surface area contributed by atoms with Gasteiger partial charge >= 0.3 is 0 Å². The standard InChI is InChI=1S/C47H54IN9O6/c1-2-19-56(21-16-48)47(63)36-22-34-11-12-35(24-40(34)54-41(49)25-36)46(62)53-38-23-37-29-55(20-15-39(37)52-26-38)27-30-3-7-32(8-4-30)44(60)50-17-18-51-45(61)33-9-5-31(6-10-33)28-57-42(58)13-14-43(57)59/h3-4,7-8,11-14,22-24,26,31,33H,2,5-6,9-10,15-21,25,27-29H2,1H3,(H2,49,54)(H,50,60)(H,51,61)(H,53,62). The molecule has 1 aliphatic carbocycles. The molecule has 0 spiro atoms. The molecule has 3 aromatic rings. The number of carbonyl (C=O) groups is 6. The van der Waals surface area contributed by atoms with E-state index in [2.05, 4.69) is 53.4 Å². The normalized spacial score (nSPS) is 18.4. The van der Waals surface area contributed by atoms with Gasteiger partial charge in [-0.05, 0) is 85.6 Å². The first-order chi connectivity index (χ1) is 30.5. The number of hydrogen-bond donors (Lipinski definition) is 4. The quantitative estimate of drug-likeness (QED) is 0.0667. The third kappa shape index (κ3) is 11.6. The summed E-state index contributed by atoms with van der Waals surface area (Å²) in [6.45, 7) is 6.53. The Labute approximate surface area is 381 Å². The van der Waals surface area contributed by atoms with E-state index >= 15 is 0 Å². The monoisotopic (exact) mass is 967 g/mol. The molecule has 2 aromatic carbocycles. The Morgan fingerprint density at radius 2 is 1.63 bits per heavy atom. The van der Waals surface area contributed by atoms with E-state index in [1.165, 1.54) is 17.1 Å². The first-order valence-corrected chi connectivity index (χ1v) is 23.2. The van der Waals surface area contributed by atoms with Gasteiger partial charge in [0.15, 0.2) is 0 Å². The number of nitrogens with zero attached hydrogens (tertiary/aromatic N) is 5. The van der Waals surface area contributed by atoms with Crippen LogP contribution in [0.2, 0.25) is 0 Å². The lowest BCUT2D eigenvalue weighted by molar-refractivity contribution is -0.138. The number of halogens is 1. The predicted octanol–water partition coefficient (Wildman–Crippen LogP) is 4.92. The van der Waals surface area contributed by atoms with Gasteiger partial charge in [0, 0.05) is 116 Å². The Kier molecular flexibility index (Phi) is 15.2. The molecule has 0 bridgehead atoms. The van der Waals surface area contributed by atoms with E-state index in [1.54, 1.807) is 36.5 Å². The second kappa shape index (κ2) is 21.1. The van der Waals surface area contributed by atoms with E-state index < -0.39 is 0 Å². The molecule has 4 aliphatic rings. The van der Waals surface area contributed by atoms with Gasteiger partial charge < -0.3 is 26.6 Å². The zero-order valence-electron chi connectivity index (χ0n) is 35.5. The zero-order chi connectivity index (χ0) is 44.5. The Balaban J connectivity index is 0.856. The van der Waals surface area contributed by atoms with E-state index in [1.807, 2.05) is 36.1 Å². The third-order valence-electron chi connectivity index (χ3n) is 11.9. The van der Waals surface area contributed by atoms with E-state index in [9.17, 15) is 28.8 Å². The number of nitrogens with one attached hydrogen (secondary N) is 3. The highest BCUT2D eigenvalue weighted by Crippen LogP contribution is 2.31. The zero-order valence-corrected chi connectivity index (χ0v) is 37.7. The van der Waals surface area contributed by atoms with Gasteiger partial charge in [-0.1, -0.05) is 47.7 Å². The van der Waals surface area contributed by atoms with E-state index in [0.29, 0.717) is 92.6 Å². The fourth-order valence-electron chi connectivity index (χ4n) is 8.55. The average molecular weight is 968 g/mol. The lowest BCUT2D eigenvalue weighted by Gasteiger charge is -2.30. The van der Waals surface area contributed by atoms with Crippen LogP contribution in [0.1, 0.15) is 88.5 Å². The number of imide groups is 1. The van der Waals surface area contributed by atoms with Crippen LogP contribution in [0.25, 0.3) is 6.08 Å². The second-order valence-electron chi connectivity index (χ2n) is 16.5. The van der Waals surface area contributed by atoms with Gasteiger partial charge in [0.1, 0.15) is 5.84 Å². The number of anilines is 1. The maximum Gasteiger partial charge on any atom is 0.255 e. The first-order valence-electron chi connectivity index (χ1n) is 21.7. The molecule has 0 radical (unpaired) electrons. The molecule has 1 aromatic heterocycles. The SMILES string of the molecule is CCCN(CCI)C(=O)C1=Cc2ccc(C(=O)Nc3cnc4c(c3)CN(Cc3ccc(C(=O)NCCNC(=O)C5CCC(CN6C(=O)C=CC6=O)CC5)cc3)CC4)cc2N=C(N)C1. The van der Waals surface area contributed by atoms with Crippen LogP contribution < -0.4 is 21.7 Å². The number of benzene rings is 2. The number of nitrogens with two attached hydrogens (primary N) is 1. The molecule has 6 amide bonds. The molecule has 0 atom stereocenters. The maximum atomic E-state index is 13.5. The van der Waals surface area contributed by atoms with Crippen LogP contribution in [0.5, 0.6) is 0 Å². The predicted molar refractivity (Wildman–Crippen MR) is 249 cm³/mol. The number of aliphatic imine (C=N–C) groups is 1. The number of pyridine rings is 1. The van der Waals surface area contributed by atoms with Gasteiger partial charge in [0.05, 0.1) is 17.6 Å². The van der Waals surface area contributed by atoms with Gasteiger partial charge in [0.2, 0.25) is 11.8 Å². The molecule has 1 saturated carbocycles. The molecule has 1 fully saturated rings. The Bertz CT molecular complexity index is 2310. The largest absolute Gasteiger partial charge is 0.387 e. The number of rotatable bonds is 16. The van der Waals surface area contributed by atoms with Crippen LogP contribution in [-0.4, -0.2) is 105 Å². The van der Waals surface area contributed by atoms with Gasteiger partial charge in [-0.2, -0.15) is 0 Å². The number of fused-ring (bicyclic) bond motifs is 2. The summed E-state index contributed by atoms with van der Waals surface area (Å²) in [5, 5.41) is 8.81. The minimum Gasteiger partial charge on any atom is -0.387 e. The lowest BCUT2D eigenvalue weighted by atomic mass is 9.81. The fourth-order valence-corrected chi connectivity index (χ4v) is 9.14. The summed E-state index contributed by atoms with van der Waals surface area (Å²) in [6.07, 6.45) is 10.9. The summed E-state index contributed by atoms with van der Waals surface area (Å²) in [5.41, 5.74) is 12.7. The second-order valence-corrected chi connectivity index (χ2v) is 17.6. The number of aromatic nitrogens is 1. The van der Waals surface area contributed by atoms with Gasteiger partial charge in [-0.15, -0.1) is 0 Å². The molecule has 0 saturated heterocycles. The van der Waals surface area contributed by atoms with Crippen LogP contribution >= 0.6 is 22.6 Å². The minimum atomic E-state index is -0.308. The van der Waals surface area contributed by atoms with Crippen molar-refractivity contribution in [1.29, 1.82) is 0 Å². The van der Waals surface area contributed by atoms with Gasteiger partial charge in [-0.3, -0.25) is 43.6 Å². The highest BCUT2D eigenvalue weighted by Gasteiger charge is 2.31. The minimum absolute atomic E-state index is 0.0361. The van der Waals surface area contributed by atoms with Crippen molar-refractivity contribution in [3.8, 4) is 0 Å².